The third kappa shape index (κ3) is 2.03. The molecule has 1 heterocycles. The first-order valence-corrected chi connectivity index (χ1v) is 7.14. The Bertz CT molecular complexity index is 586. The fourth-order valence-electron chi connectivity index (χ4n) is 3.17. The maximum absolute atomic E-state index is 2.48. The van der Waals surface area contributed by atoms with Gasteiger partial charge < -0.3 is 4.90 Å². The molecule has 98 valence electrons. The number of fused-ring (bicyclic) bond motifs is 2. The standard InChI is InChI=1S/C18H21N/c1-13(2)19-17-10-6-4-8-15(17)12-14(3)16-9-5-7-11-18(16)19/h4-11,13-14H,12H2,1-3H3. The highest BCUT2D eigenvalue weighted by Gasteiger charge is 2.25. The van der Waals surface area contributed by atoms with Crippen molar-refractivity contribution in [2.45, 2.75) is 39.2 Å². The van der Waals surface area contributed by atoms with Gasteiger partial charge in [-0.25, -0.2) is 0 Å². The molecular formula is C18H21N. The van der Waals surface area contributed by atoms with E-state index in [-0.39, 0.29) is 0 Å². The molecule has 1 nitrogen and oxygen atoms in total. The van der Waals surface area contributed by atoms with Crippen LogP contribution in [-0.2, 0) is 6.42 Å². The first-order chi connectivity index (χ1) is 9.18. The van der Waals surface area contributed by atoms with Crippen LogP contribution >= 0.6 is 0 Å². The van der Waals surface area contributed by atoms with Crippen LogP contribution in [0.25, 0.3) is 0 Å². The maximum atomic E-state index is 2.48. The van der Waals surface area contributed by atoms with E-state index in [4.69, 9.17) is 0 Å². The van der Waals surface area contributed by atoms with Crippen molar-refractivity contribution in [3.63, 3.8) is 0 Å². The van der Waals surface area contributed by atoms with Crippen molar-refractivity contribution >= 4 is 11.4 Å². The summed E-state index contributed by atoms with van der Waals surface area (Å²) >= 11 is 0. The molecule has 19 heavy (non-hydrogen) atoms. The summed E-state index contributed by atoms with van der Waals surface area (Å²) in [5.74, 6) is 0.570. The van der Waals surface area contributed by atoms with Crippen molar-refractivity contribution in [1.82, 2.24) is 0 Å². The summed E-state index contributed by atoms with van der Waals surface area (Å²) in [6, 6.07) is 18.1. The van der Waals surface area contributed by atoms with E-state index in [0.29, 0.717) is 12.0 Å². The van der Waals surface area contributed by atoms with Gasteiger partial charge in [0.1, 0.15) is 0 Å². The van der Waals surface area contributed by atoms with E-state index in [1.165, 1.54) is 22.5 Å². The molecule has 0 fully saturated rings. The number of nitrogens with zero attached hydrogens (tertiary/aromatic N) is 1. The zero-order chi connectivity index (χ0) is 13.4. The monoisotopic (exact) mass is 251 g/mol. The molecule has 1 heteroatoms. The van der Waals surface area contributed by atoms with Gasteiger partial charge in [-0.1, -0.05) is 43.3 Å². The first-order valence-electron chi connectivity index (χ1n) is 7.14. The van der Waals surface area contributed by atoms with Crippen LogP contribution in [0.4, 0.5) is 11.4 Å². The number of anilines is 2. The molecule has 1 atom stereocenters. The largest absolute Gasteiger partial charge is 0.338 e. The molecule has 3 rings (SSSR count). The van der Waals surface area contributed by atoms with Crippen molar-refractivity contribution in [3.05, 3.63) is 59.7 Å². The highest BCUT2D eigenvalue weighted by Crippen LogP contribution is 2.41. The number of hydrogen-bond donors (Lipinski definition) is 0. The fourth-order valence-corrected chi connectivity index (χ4v) is 3.17. The zero-order valence-electron chi connectivity index (χ0n) is 11.9. The molecule has 1 aliphatic rings. The lowest BCUT2D eigenvalue weighted by molar-refractivity contribution is 0.766. The van der Waals surface area contributed by atoms with E-state index < -0.39 is 0 Å². The summed E-state index contributed by atoms with van der Waals surface area (Å²) in [5, 5.41) is 0. The Morgan fingerprint density at radius 1 is 0.947 bits per heavy atom. The molecule has 0 bridgehead atoms. The third-order valence-corrected chi connectivity index (χ3v) is 4.02. The molecule has 0 saturated heterocycles. The fraction of sp³-hybridized carbons (Fsp3) is 0.333. The van der Waals surface area contributed by atoms with Crippen LogP contribution in [0, 0.1) is 0 Å². The van der Waals surface area contributed by atoms with Crippen molar-refractivity contribution in [1.29, 1.82) is 0 Å². The molecular weight excluding hydrogens is 230 g/mol. The second-order valence-electron chi connectivity index (χ2n) is 5.76. The Morgan fingerprint density at radius 3 is 2.32 bits per heavy atom. The molecule has 0 aromatic heterocycles. The van der Waals surface area contributed by atoms with Gasteiger partial charge in [-0.15, -0.1) is 0 Å². The molecule has 2 aromatic rings. The van der Waals surface area contributed by atoms with E-state index in [1.807, 2.05) is 0 Å². The van der Waals surface area contributed by atoms with Gasteiger partial charge in [0.25, 0.3) is 0 Å². The number of rotatable bonds is 1. The van der Waals surface area contributed by atoms with Gasteiger partial charge in [0.15, 0.2) is 0 Å². The van der Waals surface area contributed by atoms with Crippen LogP contribution in [0.2, 0.25) is 0 Å². The highest BCUT2D eigenvalue weighted by atomic mass is 15.2. The van der Waals surface area contributed by atoms with Gasteiger partial charge in [0.2, 0.25) is 0 Å². The third-order valence-electron chi connectivity index (χ3n) is 4.02. The van der Waals surface area contributed by atoms with Crippen LogP contribution in [0.5, 0.6) is 0 Å². The molecule has 2 aromatic carbocycles. The predicted octanol–water partition coefficient (Wildman–Crippen LogP) is 4.89. The normalized spacial score (nSPS) is 17.9. The van der Waals surface area contributed by atoms with Gasteiger partial charge in [0, 0.05) is 17.4 Å². The van der Waals surface area contributed by atoms with E-state index in [2.05, 4.69) is 74.2 Å². The van der Waals surface area contributed by atoms with E-state index in [1.54, 1.807) is 0 Å². The molecule has 0 radical (unpaired) electrons. The minimum atomic E-state index is 0.465. The first kappa shape index (κ1) is 12.3. The lowest BCUT2D eigenvalue weighted by atomic mass is 9.94. The maximum Gasteiger partial charge on any atom is 0.0448 e. The summed E-state index contributed by atoms with van der Waals surface area (Å²) in [4.78, 5) is 2.48. The Kier molecular flexibility index (Phi) is 3.06. The Morgan fingerprint density at radius 2 is 1.58 bits per heavy atom. The Labute approximate surface area is 115 Å². The van der Waals surface area contributed by atoms with Gasteiger partial charge in [-0.3, -0.25) is 0 Å². The highest BCUT2D eigenvalue weighted by molar-refractivity contribution is 5.72. The van der Waals surface area contributed by atoms with Gasteiger partial charge in [-0.05, 0) is 49.4 Å². The second-order valence-corrected chi connectivity index (χ2v) is 5.76. The van der Waals surface area contributed by atoms with Gasteiger partial charge >= 0.3 is 0 Å². The van der Waals surface area contributed by atoms with Crippen molar-refractivity contribution in [3.8, 4) is 0 Å². The Balaban J connectivity index is 2.25. The summed E-state index contributed by atoms with van der Waals surface area (Å²) in [7, 11) is 0. The summed E-state index contributed by atoms with van der Waals surface area (Å²) in [6.07, 6.45) is 1.12. The molecule has 1 aliphatic heterocycles. The summed E-state index contributed by atoms with van der Waals surface area (Å²) in [5.41, 5.74) is 5.66. The lowest BCUT2D eigenvalue weighted by Crippen LogP contribution is -2.26. The summed E-state index contributed by atoms with van der Waals surface area (Å²) < 4.78 is 0. The summed E-state index contributed by atoms with van der Waals surface area (Å²) in [6.45, 7) is 6.87. The smallest absolute Gasteiger partial charge is 0.0448 e. The molecule has 0 saturated carbocycles. The van der Waals surface area contributed by atoms with E-state index in [9.17, 15) is 0 Å². The predicted molar refractivity (Wildman–Crippen MR) is 82.3 cm³/mol. The van der Waals surface area contributed by atoms with Gasteiger partial charge in [0.05, 0.1) is 0 Å². The van der Waals surface area contributed by atoms with Crippen LogP contribution in [0.15, 0.2) is 48.5 Å². The SMILES string of the molecule is CC1Cc2ccccc2N(C(C)C)c2ccccc21. The Hall–Kier alpha value is -1.76. The van der Waals surface area contributed by atoms with E-state index in [0.717, 1.165) is 6.42 Å². The minimum absolute atomic E-state index is 0.465. The van der Waals surface area contributed by atoms with Crippen LogP contribution < -0.4 is 4.90 Å². The average molecular weight is 251 g/mol. The van der Waals surface area contributed by atoms with Crippen LogP contribution in [-0.4, -0.2) is 6.04 Å². The van der Waals surface area contributed by atoms with Crippen molar-refractivity contribution in [2.75, 3.05) is 4.90 Å². The number of para-hydroxylation sites is 2. The quantitative estimate of drug-likeness (QED) is 0.697. The lowest BCUT2D eigenvalue weighted by Gasteiger charge is -2.31. The number of hydrogen-bond acceptors (Lipinski definition) is 1. The van der Waals surface area contributed by atoms with E-state index >= 15 is 0 Å². The second kappa shape index (κ2) is 4.73. The topological polar surface area (TPSA) is 3.24 Å². The number of benzene rings is 2. The van der Waals surface area contributed by atoms with Crippen LogP contribution in [0.3, 0.4) is 0 Å². The minimum Gasteiger partial charge on any atom is -0.338 e. The molecule has 0 aliphatic carbocycles. The molecule has 0 spiro atoms. The zero-order valence-corrected chi connectivity index (χ0v) is 11.9. The molecule has 0 N–H and O–H groups in total. The average Bonchev–Trinajstić information content (AvgIpc) is 2.53. The molecule has 1 unspecified atom stereocenters. The molecule has 0 amide bonds. The van der Waals surface area contributed by atoms with Gasteiger partial charge in [-0.2, -0.15) is 0 Å². The van der Waals surface area contributed by atoms with Crippen molar-refractivity contribution in [2.24, 2.45) is 0 Å². The van der Waals surface area contributed by atoms with Crippen LogP contribution in [0.1, 0.15) is 37.8 Å². The van der Waals surface area contributed by atoms with Crippen molar-refractivity contribution < 1.29 is 0 Å².